The molecule has 0 heterocycles. The van der Waals surface area contributed by atoms with Gasteiger partial charge in [0.2, 0.25) is 0 Å². The van der Waals surface area contributed by atoms with Gasteiger partial charge >= 0.3 is 10.4 Å². The molecule has 0 fully saturated rings. The first kappa shape index (κ1) is 19.5. The van der Waals surface area contributed by atoms with E-state index >= 15 is 0 Å². The van der Waals surface area contributed by atoms with Crippen molar-refractivity contribution in [3.05, 3.63) is 0 Å². The van der Waals surface area contributed by atoms with E-state index in [1.807, 2.05) is 0 Å². The molecule has 12 nitrogen and oxygen atoms in total. The van der Waals surface area contributed by atoms with Gasteiger partial charge in [0, 0.05) is 0 Å². The number of rotatable bonds is 2. The summed E-state index contributed by atoms with van der Waals surface area (Å²) in [5.41, 5.74) is 30.9. The van der Waals surface area contributed by atoms with Gasteiger partial charge in [0.15, 0.2) is 12.6 Å². The van der Waals surface area contributed by atoms with E-state index in [2.05, 4.69) is 10.2 Å². The molecule has 0 atom stereocenters. The van der Waals surface area contributed by atoms with Crippen LogP contribution in [0.3, 0.4) is 0 Å². The van der Waals surface area contributed by atoms with Gasteiger partial charge in [-0.15, -0.1) is 0 Å². The zero-order valence-corrected chi connectivity index (χ0v) is 8.29. The third-order valence-electron chi connectivity index (χ3n) is 0.298. The smallest absolute Gasteiger partial charge is 0.296 e. The van der Waals surface area contributed by atoms with Crippen LogP contribution in [-0.2, 0) is 10.4 Å². The monoisotopic (exact) mass is 246 g/mol. The summed E-state index contributed by atoms with van der Waals surface area (Å²) in [5, 5.41) is 5.39. The molecule has 0 aliphatic rings. The number of hydrogen-bond acceptors (Lipinski definition) is 10. The fraction of sp³-hybridized carbons (Fsp3) is 1.00. The molecule has 0 aliphatic carbocycles. The highest BCUT2D eigenvalue weighted by atomic mass is 32.3. The van der Waals surface area contributed by atoms with E-state index in [1.54, 1.807) is 0 Å². The maximum absolute atomic E-state index is 8.74. The van der Waals surface area contributed by atoms with Gasteiger partial charge in [0.1, 0.15) is 0 Å². The molecule has 0 saturated heterocycles. The Kier molecular flexibility index (Phi) is 14.3. The lowest BCUT2D eigenvalue weighted by Gasteiger charge is -1.85. The highest BCUT2D eigenvalue weighted by Crippen LogP contribution is 1.59. The maximum Gasteiger partial charge on any atom is 0.394 e. The number of hydrogen-bond donors (Lipinski definition) is 8. The molecule has 92 valence electrons. The van der Waals surface area contributed by atoms with Crippen LogP contribution in [0.1, 0.15) is 0 Å². The lowest BCUT2D eigenvalue weighted by Crippen LogP contribution is -2.26. The van der Waals surface area contributed by atoms with Gasteiger partial charge < -0.3 is 0 Å². The Morgan fingerprint density at radius 2 is 1.00 bits per heavy atom. The third-order valence-corrected chi connectivity index (χ3v) is 0.298. The molecule has 0 spiro atoms. The van der Waals surface area contributed by atoms with Gasteiger partial charge in [-0.05, 0) is 0 Å². The highest BCUT2D eigenvalue weighted by Gasteiger charge is 1.84. The molecule has 0 aromatic rings. The maximum atomic E-state index is 8.74. The zero-order chi connectivity index (χ0) is 13.1. The van der Waals surface area contributed by atoms with Gasteiger partial charge in [-0.3, -0.25) is 32.0 Å². The van der Waals surface area contributed by atoms with Crippen molar-refractivity contribution in [3.63, 3.8) is 0 Å². The summed E-state index contributed by atoms with van der Waals surface area (Å²) in [6, 6.07) is 0. The van der Waals surface area contributed by atoms with Crippen LogP contribution in [0.5, 0.6) is 0 Å². The second-order valence-electron chi connectivity index (χ2n) is 1.69. The first-order valence-electron chi connectivity index (χ1n) is 3.00. The Morgan fingerprint density at radius 3 is 1.00 bits per heavy atom. The van der Waals surface area contributed by atoms with Gasteiger partial charge in [-0.2, -0.15) is 18.6 Å². The van der Waals surface area contributed by atoms with Crippen molar-refractivity contribution in [1.82, 2.24) is 0 Å². The van der Waals surface area contributed by atoms with Crippen molar-refractivity contribution < 1.29 is 17.5 Å². The van der Waals surface area contributed by atoms with Crippen LogP contribution in [0.2, 0.25) is 0 Å². The molecule has 0 saturated carbocycles. The molecule has 0 aliphatic heterocycles. The average Bonchev–Trinajstić information content (AvgIpc) is 2.02. The summed E-state index contributed by atoms with van der Waals surface area (Å²) in [6.07, 6.45) is -1.65. The molecule has 13 heteroatoms. The minimum absolute atomic E-state index is 0.824. The summed E-state index contributed by atoms with van der Waals surface area (Å²) in [5.74, 6) is 0. The number of nitrogens with one attached hydrogen (secondary N) is 2. The molecule has 0 radical (unpaired) electrons. The fourth-order valence-corrected chi connectivity index (χ4v) is 0. The SMILES string of the molecule is N=NC(N)N.N=NC(N)N.O=S(=O)(O)O. The average molecular weight is 246 g/mol. The molecule has 12 N–H and O–H groups in total. The summed E-state index contributed by atoms with van der Waals surface area (Å²) in [7, 11) is -4.67. The second kappa shape index (κ2) is 11.0. The lowest BCUT2D eigenvalue weighted by atomic mass is 11.0. The van der Waals surface area contributed by atoms with Gasteiger partial charge in [0.05, 0.1) is 0 Å². The van der Waals surface area contributed by atoms with Crippen LogP contribution in [0.4, 0.5) is 0 Å². The second-order valence-corrected chi connectivity index (χ2v) is 2.58. The molecular formula is C2H14N8O4S. The molecule has 0 bridgehead atoms. The van der Waals surface area contributed by atoms with Crippen molar-refractivity contribution >= 4 is 10.4 Å². The largest absolute Gasteiger partial charge is 0.394 e. The van der Waals surface area contributed by atoms with E-state index in [0.29, 0.717) is 0 Å². The van der Waals surface area contributed by atoms with Crippen molar-refractivity contribution in [2.45, 2.75) is 12.6 Å². The Labute approximate surface area is 85.6 Å². The first-order valence-corrected chi connectivity index (χ1v) is 4.39. The summed E-state index contributed by atoms with van der Waals surface area (Å²) >= 11 is 0. The van der Waals surface area contributed by atoms with Crippen LogP contribution in [0.15, 0.2) is 10.2 Å². The summed E-state index contributed by atoms with van der Waals surface area (Å²) < 4.78 is 31.6. The molecule has 0 aromatic carbocycles. The molecule has 0 unspecified atom stereocenters. The minimum Gasteiger partial charge on any atom is -0.296 e. The Morgan fingerprint density at radius 1 is 0.933 bits per heavy atom. The van der Waals surface area contributed by atoms with Crippen molar-refractivity contribution in [1.29, 1.82) is 11.1 Å². The molecular weight excluding hydrogens is 232 g/mol. The van der Waals surface area contributed by atoms with E-state index in [-0.39, 0.29) is 0 Å². The van der Waals surface area contributed by atoms with Crippen LogP contribution in [0, 0.1) is 11.1 Å². The van der Waals surface area contributed by atoms with Crippen LogP contribution in [-0.4, -0.2) is 30.1 Å². The third kappa shape index (κ3) is 181. The van der Waals surface area contributed by atoms with Crippen molar-refractivity contribution in [2.75, 3.05) is 0 Å². The zero-order valence-electron chi connectivity index (χ0n) is 7.48. The standard InChI is InChI=1S/2CH6N4.H2O4S/c2*2-1(3)5-4;1-5(2,3)4/h2*1,4H,2-3H2;(H2,1,2,3,4). The minimum atomic E-state index is -4.67. The molecule has 0 aromatic heterocycles. The van der Waals surface area contributed by atoms with E-state index in [4.69, 9.17) is 51.5 Å². The fourth-order valence-electron chi connectivity index (χ4n) is 0. The van der Waals surface area contributed by atoms with Gasteiger partial charge in [-0.25, -0.2) is 11.1 Å². The van der Waals surface area contributed by atoms with E-state index in [9.17, 15) is 0 Å². The van der Waals surface area contributed by atoms with Gasteiger partial charge in [0.25, 0.3) is 0 Å². The summed E-state index contributed by atoms with van der Waals surface area (Å²) in [6.45, 7) is 0. The Hall–Kier alpha value is -1.09. The van der Waals surface area contributed by atoms with Crippen LogP contribution >= 0.6 is 0 Å². The molecule has 0 rings (SSSR count). The molecule has 15 heavy (non-hydrogen) atoms. The molecule has 0 amide bonds. The first-order chi connectivity index (χ1) is 6.54. The Balaban J connectivity index is -0.000000144. The predicted octanol–water partition coefficient (Wildman–Crippen LogP) is -2.22. The van der Waals surface area contributed by atoms with Gasteiger partial charge in [-0.1, -0.05) is 0 Å². The topological polar surface area (TPSA) is 251 Å². The summed E-state index contributed by atoms with van der Waals surface area (Å²) in [4.78, 5) is 0. The predicted molar refractivity (Wildman–Crippen MR) is 48.8 cm³/mol. The van der Waals surface area contributed by atoms with Crippen LogP contribution < -0.4 is 22.9 Å². The van der Waals surface area contributed by atoms with E-state index in [1.165, 1.54) is 0 Å². The van der Waals surface area contributed by atoms with E-state index in [0.717, 1.165) is 0 Å². The normalized spacial score (nSPS) is 9.60. The number of nitrogens with two attached hydrogens (primary N) is 4. The van der Waals surface area contributed by atoms with Crippen molar-refractivity contribution in [2.24, 2.45) is 33.2 Å². The van der Waals surface area contributed by atoms with Crippen molar-refractivity contribution in [3.8, 4) is 0 Å². The quantitative estimate of drug-likeness (QED) is 0.150. The lowest BCUT2D eigenvalue weighted by molar-refractivity contribution is 0.381. The highest BCUT2D eigenvalue weighted by molar-refractivity contribution is 7.79. The van der Waals surface area contributed by atoms with E-state index < -0.39 is 23.0 Å². The van der Waals surface area contributed by atoms with Crippen LogP contribution in [0.25, 0.3) is 0 Å². The Bertz CT molecular complexity index is 227. The number of nitrogens with zero attached hydrogens (tertiary/aromatic N) is 2.